The van der Waals surface area contributed by atoms with Crippen molar-refractivity contribution in [3.8, 4) is 5.69 Å². The van der Waals surface area contributed by atoms with Crippen molar-refractivity contribution in [2.45, 2.75) is 0 Å². The predicted molar refractivity (Wildman–Crippen MR) is 64.2 cm³/mol. The minimum Gasteiger partial charge on any atom is -0.337 e. The second-order valence-corrected chi connectivity index (χ2v) is 3.60. The molecule has 0 spiro atoms. The third-order valence-electron chi connectivity index (χ3n) is 2.55. The summed E-state index contributed by atoms with van der Waals surface area (Å²) in [6, 6.07) is -1.89. The average molecular weight is 235 g/mol. The monoisotopic (exact) mass is 235 g/mol. The molecule has 0 saturated carbocycles. The van der Waals surface area contributed by atoms with Crippen LogP contribution >= 0.6 is 0 Å². The quantitative estimate of drug-likeness (QED) is 0.798. The summed E-state index contributed by atoms with van der Waals surface area (Å²) in [6.45, 7) is 2.90. The molecule has 0 atom stereocenters. The van der Waals surface area contributed by atoms with E-state index in [4.69, 9.17) is 6.85 Å². The van der Waals surface area contributed by atoms with Gasteiger partial charge in [0, 0.05) is 26.2 Å². The van der Waals surface area contributed by atoms with E-state index in [9.17, 15) is 0 Å². The fourth-order valence-corrected chi connectivity index (χ4v) is 1.74. The zero-order chi connectivity index (χ0) is 15.9. The van der Waals surface area contributed by atoms with Crippen LogP contribution in [0.15, 0.2) is 30.2 Å². The molecule has 1 saturated heterocycles. The van der Waals surface area contributed by atoms with Gasteiger partial charge in [-0.05, 0) is 22.5 Å². The third-order valence-corrected chi connectivity index (χ3v) is 2.55. The molecule has 0 radical (unpaired) electrons. The summed E-state index contributed by atoms with van der Waals surface area (Å²) < 4.78 is 40.3. The first kappa shape index (κ1) is 6.11. The maximum absolute atomic E-state index is 8.00. The standard InChI is InChI=1S/C11H14N6/c1-2-4-10(5-3-1)17-11(13-14-15-17)16-8-6-12-7-9-16/h1-5,12H,6-9H2/i1D,2D,3D,4D,5D. The molecule has 6 heteroatoms. The minimum absolute atomic E-state index is 0.0375. The van der Waals surface area contributed by atoms with Gasteiger partial charge in [-0.2, -0.15) is 4.68 Å². The molecular formula is C11H14N6. The van der Waals surface area contributed by atoms with E-state index in [1.54, 1.807) is 0 Å². The Hall–Kier alpha value is -1.95. The van der Waals surface area contributed by atoms with Crippen LogP contribution in [-0.2, 0) is 0 Å². The average Bonchev–Trinajstić information content (AvgIpc) is 3.01. The highest BCUT2D eigenvalue weighted by atomic mass is 15.6. The van der Waals surface area contributed by atoms with Crippen molar-refractivity contribution in [1.82, 2.24) is 25.5 Å². The summed E-state index contributed by atoms with van der Waals surface area (Å²) in [5.41, 5.74) is -0.0375. The number of hydrogen-bond acceptors (Lipinski definition) is 5. The first-order valence-corrected chi connectivity index (χ1v) is 5.33. The van der Waals surface area contributed by atoms with Gasteiger partial charge in [-0.25, -0.2) is 0 Å². The molecule has 0 bridgehead atoms. The normalized spacial score (nSPS) is 20.2. The van der Waals surface area contributed by atoms with Gasteiger partial charge >= 0.3 is 0 Å². The van der Waals surface area contributed by atoms with Crippen molar-refractivity contribution >= 4 is 5.95 Å². The van der Waals surface area contributed by atoms with Crippen molar-refractivity contribution in [2.75, 3.05) is 31.1 Å². The molecule has 1 fully saturated rings. The first-order chi connectivity index (χ1) is 10.5. The number of piperazine rings is 1. The number of para-hydroxylation sites is 1. The van der Waals surface area contributed by atoms with E-state index in [1.165, 1.54) is 4.68 Å². The van der Waals surface area contributed by atoms with Gasteiger partial charge in [0.2, 0.25) is 5.95 Å². The lowest BCUT2D eigenvalue weighted by molar-refractivity contribution is 0.575. The van der Waals surface area contributed by atoms with E-state index in [0.29, 0.717) is 19.0 Å². The van der Waals surface area contributed by atoms with Gasteiger partial charge in [0.15, 0.2) is 0 Å². The number of nitrogens with one attached hydrogen (secondary N) is 1. The summed E-state index contributed by atoms with van der Waals surface area (Å²) in [5, 5.41) is 14.6. The van der Waals surface area contributed by atoms with E-state index >= 15 is 0 Å². The molecular weight excluding hydrogens is 216 g/mol. The number of benzene rings is 1. The lowest BCUT2D eigenvalue weighted by atomic mass is 10.3. The van der Waals surface area contributed by atoms with E-state index < -0.39 is 18.1 Å². The molecule has 6 nitrogen and oxygen atoms in total. The highest BCUT2D eigenvalue weighted by molar-refractivity contribution is 5.40. The van der Waals surface area contributed by atoms with Crippen LogP contribution < -0.4 is 10.2 Å². The van der Waals surface area contributed by atoms with Crippen LogP contribution in [0.25, 0.3) is 5.69 Å². The molecule has 1 aliphatic rings. The van der Waals surface area contributed by atoms with Gasteiger partial charge in [-0.3, -0.25) is 0 Å². The van der Waals surface area contributed by atoms with Gasteiger partial charge < -0.3 is 10.2 Å². The fraction of sp³-hybridized carbons (Fsp3) is 0.364. The maximum Gasteiger partial charge on any atom is 0.250 e. The molecule has 17 heavy (non-hydrogen) atoms. The first-order valence-electron chi connectivity index (χ1n) is 7.83. The summed E-state index contributed by atoms with van der Waals surface area (Å²) >= 11 is 0. The molecule has 0 aliphatic carbocycles. The second-order valence-electron chi connectivity index (χ2n) is 3.60. The van der Waals surface area contributed by atoms with Crippen molar-refractivity contribution in [2.24, 2.45) is 0 Å². The smallest absolute Gasteiger partial charge is 0.250 e. The lowest BCUT2D eigenvalue weighted by Crippen LogP contribution is -2.44. The molecule has 1 N–H and O–H groups in total. The van der Waals surface area contributed by atoms with Crippen LogP contribution in [0.2, 0.25) is 0 Å². The molecule has 2 heterocycles. The number of nitrogens with zero attached hydrogens (tertiary/aromatic N) is 5. The SMILES string of the molecule is [2H]c1c([2H])c([2H])c(-n2nnnc2N2CCNCC2)c([2H])c1[2H]. The second kappa shape index (κ2) is 4.50. The fourth-order valence-electron chi connectivity index (χ4n) is 1.74. The molecule has 3 rings (SSSR count). The largest absolute Gasteiger partial charge is 0.337 e. The molecule has 0 unspecified atom stereocenters. The third kappa shape index (κ3) is 1.99. The number of anilines is 1. The van der Waals surface area contributed by atoms with Crippen LogP contribution in [0.5, 0.6) is 0 Å². The van der Waals surface area contributed by atoms with Crippen LogP contribution in [0.4, 0.5) is 5.95 Å². The zero-order valence-electron chi connectivity index (χ0n) is 14.1. The van der Waals surface area contributed by atoms with Crippen LogP contribution in [0, 0.1) is 0 Å². The topological polar surface area (TPSA) is 58.9 Å². The maximum atomic E-state index is 8.00. The van der Waals surface area contributed by atoms with Crippen LogP contribution in [0.3, 0.4) is 0 Å². The molecule has 1 aromatic heterocycles. The summed E-state index contributed by atoms with van der Waals surface area (Å²) in [5.74, 6) is 0.375. The Bertz CT molecular complexity index is 682. The Morgan fingerprint density at radius 1 is 1.18 bits per heavy atom. The Morgan fingerprint density at radius 2 is 1.94 bits per heavy atom. The van der Waals surface area contributed by atoms with Crippen molar-refractivity contribution in [3.05, 3.63) is 30.2 Å². The minimum atomic E-state index is -0.435. The summed E-state index contributed by atoms with van der Waals surface area (Å²) in [6.07, 6.45) is 0. The number of hydrogen-bond donors (Lipinski definition) is 1. The Balaban J connectivity index is 2.15. The van der Waals surface area contributed by atoms with Crippen molar-refractivity contribution < 1.29 is 6.85 Å². The molecule has 2 aromatic rings. The van der Waals surface area contributed by atoms with Gasteiger partial charge in [0.1, 0.15) is 0 Å². The number of aromatic nitrogens is 4. The molecule has 0 amide bonds. The van der Waals surface area contributed by atoms with Crippen LogP contribution in [-0.4, -0.2) is 46.4 Å². The lowest BCUT2D eigenvalue weighted by Gasteiger charge is -2.27. The van der Waals surface area contributed by atoms with Crippen molar-refractivity contribution in [1.29, 1.82) is 0 Å². The van der Waals surface area contributed by atoms with Crippen molar-refractivity contribution in [3.63, 3.8) is 0 Å². The van der Waals surface area contributed by atoms with Gasteiger partial charge in [-0.15, -0.1) is 0 Å². The Morgan fingerprint density at radius 3 is 2.71 bits per heavy atom. The molecule has 1 aliphatic heterocycles. The highest BCUT2D eigenvalue weighted by Crippen LogP contribution is 2.15. The van der Waals surface area contributed by atoms with E-state index in [1.807, 2.05) is 4.90 Å². The summed E-state index contributed by atoms with van der Waals surface area (Å²) in [4.78, 5) is 1.91. The Kier molecular flexibility index (Phi) is 1.62. The Labute approximate surface area is 106 Å². The highest BCUT2D eigenvalue weighted by Gasteiger charge is 2.17. The molecule has 1 aromatic carbocycles. The number of tetrazole rings is 1. The van der Waals surface area contributed by atoms with Gasteiger partial charge in [0.05, 0.1) is 12.5 Å². The zero-order valence-corrected chi connectivity index (χ0v) is 9.06. The molecule has 88 valence electrons. The van der Waals surface area contributed by atoms with Gasteiger partial charge in [-0.1, -0.05) is 23.2 Å². The van der Waals surface area contributed by atoms with Gasteiger partial charge in [0.25, 0.3) is 0 Å². The van der Waals surface area contributed by atoms with E-state index in [-0.39, 0.29) is 17.8 Å². The van der Waals surface area contributed by atoms with E-state index in [0.717, 1.165) is 13.1 Å². The van der Waals surface area contributed by atoms with E-state index in [2.05, 4.69) is 20.8 Å². The number of rotatable bonds is 2. The predicted octanol–water partition coefficient (Wildman–Crippen LogP) is 0.0719. The van der Waals surface area contributed by atoms with Crippen LogP contribution in [0.1, 0.15) is 6.85 Å². The summed E-state index contributed by atoms with van der Waals surface area (Å²) in [7, 11) is 0.